The van der Waals surface area contributed by atoms with Crippen LogP contribution in [-0.4, -0.2) is 36.7 Å². The SMILES string of the molecule is CCN(C(=O)N(C)c1nc2c(OC)ccc(-c3ccccc3)c2s1)c1ccncc1. The first-order valence-corrected chi connectivity index (χ1v) is 10.4. The summed E-state index contributed by atoms with van der Waals surface area (Å²) in [6, 6.07) is 17.6. The van der Waals surface area contributed by atoms with Crippen LogP contribution in [0.5, 0.6) is 5.75 Å². The van der Waals surface area contributed by atoms with Crippen molar-refractivity contribution in [3.05, 3.63) is 67.0 Å². The maximum atomic E-state index is 13.2. The number of pyridine rings is 1. The molecule has 0 aliphatic carbocycles. The lowest BCUT2D eigenvalue weighted by molar-refractivity contribution is 0.253. The van der Waals surface area contributed by atoms with E-state index in [9.17, 15) is 4.79 Å². The molecule has 2 aromatic carbocycles. The van der Waals surface area contributed by atoms with Crippen LogP contribution in [0.1, 0.15) is 6.92 Å². The minimum absolute atomic E-state index is 0.150. The number of amides is 2. The van der Waals surface area contributed by atoms with Crippen LogP contribution in [0.4, 0.5) is 15.6 Å². The largest absolute Gasteiger partial charge is 0.494 e. The van der Waals surface area contributed by atoms with Crippen molar-refractivity contribution in [1.29, 1.82) is 0 Å². The minimum atomic E-state index is -0.150. The summed E-state index contributed by atoms with van der Waals surface area (Å²) in [5.74, 6) is 0.689. The van der Waals surface area contributed by atoms with Gasteiger partial charge in [0.05, 0.1) is 11.8 Å². The molecule has 0 saturated carbocycles. The first kappa shape index (κ1) is 19.8. The maximum Gasteiger partial charge on any atom is 0.330 e. The van der Waals surface area contributed by atoms with Crippen molar-refractivity contribution in [2.75, 3.05) is 30.5 Å². The normalized spacial score (nSPS) is 10.8. The molecule has 2 amide bonds. The molecule has 4 rings (SSSR count). The molecule has 0 spiro atoms. The second kappa shape index (κ2) is 8.51. The number of urea groups is 1. The van der Waals surface area contributed by atoms with E-state index in [1.807, 2.05) is 49.4 Å². The Balaban J connectivity index is 1.76. The van der Waals surface area contributed by atoms with Gasteiger partial charge in [-0.1, -0.05) is 41.7 Å². The van der Waals surface area contributed by atoms with Gasteiger partial charge in [-0.05, 0) is 36.8 Å². The monoisotopic (exact) mass is 418 g/mol. The second-order valence-corrected chi connectivity index (χ2v) is 7.62. The van der Waals surface area contributed by atoms with E-state index in [0.717, 1.165) is 27.0 Å². The number of carbonyl (C=O) groups is 1. The van der Waals surface area contributed by atoms with Gasteiger partial charge in [0.25, 0.3) is 0 Å². The summed E-state index contributed by atoms with van der Waals surface area (Å²) in [5.41, 5.74) is 3.72. The number of fused-ring (bicyclic) bond motifs is 1. The van der Waals surface area contributed by atoms with Crippen LogP contribution in [0.2, 0.25) is 0 Å². The number of aromatic nitrogens is 2. The van der Waals surface area contributed by atoms with Crippen LogP contribution >= 0.6 is 11.3 Å². The number of thiazole rings is 1. The molecule has 7 heteroatoms. The van der Waals surface area contributed by atoms with Gasteiger partial charge in [-0.15, -0.1) is 0 Å². The van der Waals surface area contributed by atoms with Crippen molar-refractivity contribution in [1.82, 2.24) is 9.97 Å². The minimum Gasteiger partial charge on any atom is -0.494 e. The molecule has 0 fully saturated rings. The number of methoxy groups -OCH3 is 1. The molecule has 2 aromatic heterocycles. The number of hydrogen-bond donors (Lipinski definition) is 0. The Hall–Kier alpha value is -3.45. The van der Waals surface area contributed by atoms with Crippen molar-refractivity contribution >= 4 is 38.4 Å². The van der Waals surface area contributed by atoms with Gasteiger partial charge in [-0.25, -0.2) is 9.78 Å². The smallest absolute Gasteiger partial charge is 0.330 e. The van der Waals surface area contributed by atoms with E-state index < -0.39 is 0 Å². The third-order valence-electron chi connectivity index (χ3n) is 4.90. The van der Waals surface area contributed by atoms with Gasteiger partial charge in [0.2, 0.25) is 0 Å². The topological polar surface area (TPSA) is 58.6 Å². The lowest BCUT2D eigenvalue weighted by atomic mass is 10.1. The number of benzene rings is 2. The molecule has 4 aromatic rings. The Morgan fingerprint density at radius 3 is 2.47 bits per heavy atom. The zero-order valence-electron chi connectivity index (χ0n) is 17.1. The zero-order chi connectivity index (χ0) is 21.1. The summed E-state index contributed by atoms with van der Waals surface area (Å²) in [7, 11) is 3.38. The first-order chi connectivity index (χ1) is 14.6. The maximum absolute atomic E-state index is 13.2. The van der Waals surface area contributed by atoms with Crippen LogP contribution in [-0.2, 0) is 0 Å². The lowest BCUT2D eigenvalue weighted by Gasteiger charge is -2.25. The third kappa shape index (κ3) is 3.59. The predicted molar refractivity (Wildman–Crippen MR) is 123 cm³/mol. The number of nitrogens with zero attached hydrogens (tertiary/aromatic N) is 4. The molecule has 0 N–H and O–H groups in total. The average Bonchev–Trinajstić information content (AvgIpc) is 3.25. The lowest BCUT2D eigenvalue weighted by Crippen LogP contribution is -2.41. The quantitative estimate of drug-likeness (QED) is 0.432. The van der Waals surface area contributed by atoms with Crippen LogP contribution in [0.25, 0.3) is 21.3 Å². The van der Waals surface area contributed by atoms with E-state index in [0.29, 0.717) is 17.4 Å². The van der Waals surface area contributed by atoms with Crippen molar-refractivity contribution in [2.24, 2.45) is 0 Å². The standard InChI is InChI=1S/C23H22N4O2S/c1-4-27(17-12-14-24-15-13-17)23(28)26(2)22-25-20-19(29-3)11-10-18(21(20)30-22)16-8-6-5-7-9-16/h5-15H,4H2,1-3H3. The molecule has 0 unspecified atom stereocenters. The molecule has 30 heavy (non-hydrogen) atoms. The summed E-state index contributed by atoms with van der Waals surface area (Å²) in [4.78, 5) is 25.3. The second-order valence-electron chi connectivity index (χ2n) is 6.65. The van der Waals surface area contributed by atoms with Crippen molar-refractivity contribution in [2.45, 2.75) is 6.92 Å². The third-order valence-corrected chi connectivity index (χ3v) is 6.06. The molecule has 0 atom stereocenters. The Labute approximate surface area is 179 Å². The van der Waals surface area contributed by atoms with Crippen LogP contribution in [0.3, 0.4) is 0 Å². The highest BCUT2D eigenvalue weighted by Crippen LogP contribution is 2.40. The van der Waals surface area contributed by atoms with E-state index in [2.05, 4.69) is 17.1 Å². The van der Waals surface area contributed by atoms with Gasteiger partial charge in [0.15, 0.2) is 5.13 Å². The van der Waals surface area contributed by atoms with Crippen molar-refractivity contribution < 1.29 is 9.53 Å². The van der Waals surface area contributed by atoms with E-state index in [1.165, 1.54) is 11.3 Å². The number of carbonyl (C=O) groups excluding carboxylic acids is 1. The fourth-order valence-electron chi connectivity index (χ4n) is 3.34. The van der Waals surface area contributed by atoms with Gasteiger partial charge >= 0.3 is 6.03 Å². The Morgan fingerprint density at radius 1 is 1.07 bits per heavy atom. The van der Waals surface area contributed by atoms with Crippen molar-refractivity contribution in [3.63, 3.8) is 0 Å². The Morgan fingerprint density at radius 2 is 1.80 bits per heavy atom. The number of rotatable bonds is 5. The van der Waals surface area contributed by atoms with Crippen molar-refractivity contribution in [3.8, 4) is 16.9 Å². The van der Waals surface area contributed by atoms with Gasteiger partial charge in [-0.3, -0.25) is 14.8 Å². The molecule has 0 saturated heterocycles. The number of ether oxygens (including phenoxy) is 1. The fourth-order valence-corrected chi connectivity index (χ4v) is 4.41. The molecule has 152 valence electrons. The molecular weight excluding hydrogens is 396 g/mol. The van der Waals surface area contributed by atoms with Gasteiger partial charge in [-0.2, -0.15) is 0 Å². The predicted octanol–water partition coefficient (Wildman–Crippen LogP) is 5.45. The van der Waals surface area contributed by atoms with Gasteiger partial charge in [0.1, 0.15) is 11.3 Å². The highest BCUT2D eigenvalue weighted by atomic mass is 32.1. The zero-order valence-corrected chi connectivity index (χ0v) is 17.9. The van der Waals surface area contributed by atoms with E-state index in [4.69, 9.17) is 9.72 Å². The summed E-state index contributed by atoms with van der Waals surface area (Å²) in [5, 5.41) is 0.615. The van der Waals surface area contributed by atoms with Crippen LogP contribution in [0.15, 0.2) is 67.0 Å². The van der Waals surface area contributed by atoms with Crippen LogP contribution < -0.4 is 14.5 Å². The molecule has 0 radical (unpaired) electrons. The first-order valence-electron chi connectivity index (χ1n) is 9.62. The van der Waals surface area contributed by atoms with Crippen LogP contribution in [0, 0.1) is 0 Å². The molecular formula is C23H22N4O2S. The van der Waals surface area contributed by atoms with Gasteiger partial charge in [0, 0.05) is 37.2 Å². The Kier molecular flexibility index (Phi) is 5.63. The fraction of sp³-hybridized carbons (Fsp3) is 0.174. The summed E-state index contributed by atoms with van der Waals surface area (Å²) in [6.45, 7) is 2.48. The molecule has 2 heterocycles. The highest BCUT2D eigenvalue weighted by molar-refractivity contribution is 7.23. The highest BCUT2D eigenvalue weighted by Gasteiger charge is 2.23. The number of anilines is 2. The molecule has 0 aliphatic rings. The molecule has 0 bridgehead atoms. The number of hydrogen-bond acceptors (Lipinski definition) is 5. The average molecular weight is 419 g/mol. The summed E-state index contributed by atoms with van der Waals surface area (Å²) in [6.07, 6.45) is 3.36. The molecule has 6 nitrogen and oxygen atoms in total. The van der Waals surface area contributed by atoms with E-state index >= 15 is 0 Å². The van der Waals surface area contributed by atoms with Gasteiger partial charge < -0.3 is 4.74 Å². The Bertz CT molecular complexity index is 1160. The van der Waals surface area contributed by atoms with E-state index in [-0.39, 0.29) is 6.03 Å². The molecule has 0 aliphatic heterocycles. The summed E-state index contributed by atoms with van der Waals surface area (Å²) >= 11 is 1.48. The summed E-state index contributed by atoms with van der Waals surface area (Å²) < 4.78 is 6.52. The van der Waals surface area contributed by atoms with E-state index in [1.54, 1.807) is 36.4 Å².